The molecule has 1 N–H and O–H groups in total. The van der Waals surface area contributed by atoms with Crippen LogP contribution < -0.4 is 0 Å². The minimum Gasteiger partial charge on any atom is -0.457 e. The van der Waals surface area contributed by atoms with Gasteiger partial charge in [-0.15, -0.1) is 0 Å². The minimum atomic E-state index is -4.26. The number of rotatable bonds is 31. The molecular weight excluding hydrogens is 589 g/mol. The molecule has 45 heavy (non-hydrogen) atoms. The molecule has 0 bridgehead atoms. The van der Waals surface area contributed by atoms with Gasteiger partial charge in [0.2, 0.25) is 0 Å². The number of carbonyl (C=O) groups excluding carboxylic acids is 1. The van der Waals surface area contributed by atoms with Gasteiger partial charge in [0.05, 0.1) is 34.4 Å². The molecule has 0 aliphatic heterocycles. The molecule has 0 rings (SSSR count). The number of phosphoric ester groups is 1. The van der Waals surface area contributed by atoms with E-state index in [-0.39, 0.29) is 25.8 Å². The predicted molar refractivity (Wildman–Crippen MR) is 187 cm³/mol. The number of esters is 1. The van der Waals surface area contributed by atoms with E-state index in [0.29, 0.717) is 24.1 Å². The van der Waals surface area contributed by atoms with Crippen LogP contribution in [0.5, 0.6) is 0 Å². The molecule has 9 heteroatoms. The lowest BCUT2D eigenvalue weighted by Gasteiger charge is -2.24. The van der Waals surface area contributed by atoms with E-state index in [1.165, 1.54) is 12.8 Å². The van der Waals surface area contributed by atoms with E-state index in [0.717, 1.165) is 83.5 Å². The molecule has 0 saturated carbocycles. The molecular formula is C36H67NO7P+. The molecule has 0 spiro atoms. The fourth-order valence-electron chi connectivity index (χ4n) is 4.19. The van der Waals surface area contributed by atoms with Crippen molar-refractivity contribution in [1.82, 2.24) is 0 Å². The first-order valence-electron chi connectivity index (χ1n) is 17.4. The molecule has 0 amide bonds. The van der Waals surface area contributed by atoms with Gasteiger partial charge in [-0.2, -0.15) is 0 Å². The fourth-order valence-corrected chi connectivity index (χ4v) is 4.93. The summed E-state index contributed by atoms with van der Waals surface area (Å²) < 4.78 is 34.5. The second kappa shape index (κ2) is 29.8. The molecule has 0 aromatic rings. The predicted octanol–water partition coefficient (Wildman–Crippen LogP) is 9.26. The van der Waals surface area contributed by atoms with Gasteiger partial charge in [-0.3, -0.25) is 13.8 Å². The maximum absolute atomic E-state index is 12.4. The summed E-state index contributed by atoms with van der Waals surface area (Å²) in [7, 11) is 1.64. The van der Waals surface area contributed by atoms with Gasteiger partial charge in [-0.05, 0) is 51.4 Å². The van der Waals surface area contributed by atoms with Gasteiger partial charge in [0.15, 0.2) is 0 Å². The second-order valence-corrected chi connectivity index (χ2v) is 14.0. The van der Waals surface area contributed by atoms with Crippen LogP contribution in [-0.4, -0.2) is 75.6 Å². The molecule has 0 radical (unpaired) electrons. The smallest absolute Gasteiger partial charge is 0.457 e. The highest BCUT2D eigenvalue weighted by Crippen LogP contribution is 2.43. The average molecular weight is 657 g/mol. The van der Waals surface area contributed by atoms with Crippen LogP contribution in [0.2, 0.25) is 0 Å². The van der Waals surface area contributed by atoms with Crippen LogP contribution >= 0.6 is 7.82 Å². The molecule has 0 fully saturated rings. The summed E-state index contributed by atoms with van der Waals surface area (Å²) in [4.78, 5) is 22.5. The van der Waals surface area contributed by atoms with Crippen LogP contribution in [0.15, 0.2) is 48.6 Å². The quantitative estimate of drug-likeness (QED) is 0.0261. The van der Waals surface area contributed by atoms with Crippen LogP contribution in [0.3, 0.4) is 0 Å². The molecule has 8 nitrogen and oxygen atoms in total. The zero-order chi connectivity index (χ0) is 33.5. The Morgan fingerprint density at radius 3 is 1.93 bits per heavy atom. The Kier molecular flexibility index (Phi) is 28.8. The first-order valence-corrected chi connectivity index (χ1v) is 18.9. The van der Waals surface area contributed by atoms with Crippen molar-refractivity contribution in [3.8, 4) is 0 Å². The van der Waals surface area contributed by atoms with E-state index in [2.05, 4.69) is 62.5 Å². The van der Waals surface area contributed by atoms with Crippen molar-refractivity contribution >= 4 is 13.8 Å². The standard InChI is InChI=1S/C36H66NO7P/c1-6-8-10-12-13-14-15-16-17-18-19-20-21-22-23-24-26-28-31-41-33-35(44-36(38)29-27-25-11-9-7-2)34-43-45(39,40)42-32-30-37(3,4)5/h8,10,13-14,16-17,19-20,35H,6-7,9,11-12,15,18,21-34H2,1-5H3/p+1/b10-8-,14-13-,17-16-,20-19-. The Bertz CT molecular complexity index is 864. The van der Waals surface area contributed by atoms with Gasteiger partial charge in [0.25, 0.3) is 0 Å². The number of hydrogen-bond acceptors (Lipinski definition) is 6. The molecule has 2 atom stereocenters. The maximum Gasteiger partial charge on any atom is 0.472 e. The van der Waals surface area contributed by atoms with Crippen molar-refractivity contribution in [3.63, 3.8) is 0 Å². The summed E-state index contributed by atoms with van der Waals surface area (Å²) >= 11 is 0. The van der Waals surface area contributed by atoms with Crippen LogP contribution in [-0.2, 0) is 27.9 Å². The number of phosphoric acid groups is 1. The van der Waals surface area contributed by atoms with Gasteiger partial charge in [0, 0.05) is 13.0 Å². The summed E-state index contributed by atoms with van der Waals surface area (Å²) in [5.74, 6) is -0.337. The number of carbonyl (C=O) groups is 1. The SMILES string of the molecule is CC/C=C\C/C=C\C/C=C\C/C=C\CCCCCCCOCC(COP(=O)(O)OCC[N+](C)(C)C)OC(=O)CCCCCCC. The summed E-state index contributed by atoms with van der Waals surface area (Å²) in [6.45, 7) is 5.34. The van der Waals surface area contributed by atoms with E-state index in [1.807, 2.05) is 21.1 Å². The molecule has 0 aliphatic carbocycles. The number of likely N-dealkylation sites (N-methyl/N-ethyl adjacent to an activating group) is 1. The lowest BCUT2D eigenvalue weighted by molar-refractivity contribution is -0.870. The number of ether oxygens (including phenoxy) is 2. The summed E-state index contributed by atoms with van der Waals surface area (Å²) in [6, 6.07) is 0. The van der Waals surface area contributed by atoms with Gasteiger partial charge < -0.3 is 18.9 Å². The molecule has 0 heterocycles. The highest BCUT2D eigenvalue weighted by molar-refractivity contribution is 7.47. The number of quaternary nitrogens is 1. The highest BCUT2D eigenvalue weighted by Gasteiger charge is 2.26. The first kappa shape index (κ1) is 43.5. The van der Waals surface area contributed by atoms with Crippen LogP contribution in [0.1, 0.15) is 117 Å². The molecule has 0 aromatic heterocycles. The van der Waals surface area contributed by atoms with Crippen molar-refractivity contribution in [2.75, 3.05) is 54.1 Å². The second-order valence-electron chi connectivity index (χ2n) is 12.5. The van der Waals surface area contributed by atoms with Crippen LogP contribution in [0.4, 0.5) is 0 Å². The van der Waals surface area contributed by atoms with E-state index in [9.17, 15) is 14.3 Å². The van der Waals surface area contributed by atoms with Gasteiger partial charge in [0.1, 0.15) is 19.3 Å². The number of unbranched alkanes of at least 4 members (excludes halogenated alkanes) is 9. The van der Waals surface area contributed by atoms with Crippen molar-refractivity contribution in [3.05, 3.63) is 48.6 Å². The zero-order valence-corrected chi connectivity index (χ0v) is 30.2. The maximum atomic E-state index is 12.4. The number of nitrogens with zero attached hydrogens (tertiary/aromatic N) is 1. The van der Waals surface area contributed by atoms with Gasteiger partial charge >= 0.3 is 13.8 Å². The van der Waals surface area contributed by atoms with E-state index in [4.69, 9.17) is 18.5 Å². The van der Waals surface area contributed by atoms with Crippen LogP contribution in [0, 0.1) is 0 Å². The summed E-state index contributed by atoms with van der Waals surface area (Å²) in [5.41, 5.74) is 0. The molecule has 2 unspecified atom stereocenters. The van der Waals surface area contributed by atoms with E-state index < -0.39 is 13.9 Å². The largest absolute Gasteiger partial charge is 0.472 e. The van der Waals surface area contributed by atoms with E-state index in [1.54, 1.807) is 0 Å². The first-order chi connectivity index (χ1) is 21.6. The average Bonchev–Trinajstić information content (AvgIpc) is 2.98. The Labute approximate surface area is 276 Å². The van der Waals surface area contributed by atoms with Crippen molar-refractivity contribution < 1.29 is 37.3 Å². The molecule has 262 valence electrons. The lowest BCUT2D eigenvalue weighted by Crippen LogP contribution is -2.37. The monoisotopic (exact) mass is 656 g/mol. The molecule has 0 aromatic carbocycles. The van der Waals surface area contributed by atoms with E-state index >= 15 is 0 Å². The normalized spacial score (nSPS) is 14.7. The Balaban J connectivity index is 4.21. The lowest BCUT2D eigenvalue weighted by atomic mass is 10.1. The zero-order valence-electron chi connectivity index (χ0n) is 29.3. The molecule has 0 saturated heterocycles. The fraction of sp³-hybridized carbons (Fsp3) is 0.750. The Morgan fingerprint density at radius 2 is 1.29 bits per heavy atom. The van der Waals surface area contributed by atoms with Gasteiger partial charge in [-0.25, -0.2) is 4.57 Å². The Morgan fingerprint density at radius 1 is 0.711 bits per heavy atom. The third-order valence-corrected chi connectivity index (χ3v) is 7.89. The summed E-state index contributed by atoms with van der Waals surface area (Å²) in [5, 5.41) is 0. The Hall–Kier alpha value is -1.54. The third-order valence-electron chi connectivity index (χ3n) is 6.90. The summed E-state index contributed by atoms with van der Waals surface area (Å²) in [6.07, 6.45) is 33.2. The van der Waals surface area contributed by atoms with Crippen molar-refractivity contribution in [2.45, 2.75) is 123 Å². The molecule has 0 aliphatic rings. The minimum absolute atomic E-state index is 0.0828. The van der Waals surface area contributed by atoms with Crippen molar-refractivity contribution in [2.24, 2.45) is 0 Å². The highest BCUT2D eigenvalue weighted by atomic mass is 31.2. The van der Waals surface area contributed by atoms with Crippen LogP contribution in [0.25, 0.3) is 0 Å². The topological polar surface area (TPSA) is 91.3 Å². The number of hydrogen-bond donors (Lipinski definition) is 1. The van der Waals surface area contributed by atoms with Crippen molar-refractivity contribution in [1.29, 1.82) is 0 Å². The number of allylic oxidation sites excluding steroid dienone is 8. The third kappa shape index (κ3) is 33.6. The van der Waals surface area contributed by atoms with Gasteiger partial charge in [-0.1, -0.05) is 107 Å².